The first-order valence-corrected chi connectivity index (χ1v) is 12.4. The van der Waals surface area contributed by atoms with Crippen LogP contribution in [0.15, 0.2) is 84.9 Å². The molecule has 0 fully saturated rings. The minimum absolute atomic E-state index is 0.131. The molecule has 0 spiro atoms. The zero-order valence-electron chi connectivity index (χ0n) is 20.9. The second-order valence-electron chi connectivity index (χ2n) is 9.63. The van der Waals surface area contributed by atoms with E-state index in [0.717, 1.165) is 57.5 Å². The van der Waals surface area contributed by atoms with Gasteiger partial charge in [-0.05, 0) is 94.0 Å². The zero-order valence-corrected chi connectivity index (χ0v) is 20.9. The molecule has 0 amide bonds. The topological polar surface area (TPSA) is 20.2 Å². The minimum Gasteiger partial charge on any atom is -0.392 e. The van der Waals surface area contributed by atoms with Gasteiger partial charge in [0.2, 0.25) is 0 Å². The lowest BCUT2D eigenvalue weighted by molar-refractivity contribution is -0.137. The Morgan fingerprint density at radius 1 is 0.757 bits per heavy atom. The summed E-state index contributed by atoms with van der Waals surface area (Å²) in [4.78, 5) is 0. The average Bonchev–Trinajstić information content (AvgIpc) is 2.88. The Bertz CT molecular complexity index is 1320. The van der Waals surface area contributed by atoms with E-state index in [4.69, 9.17) is 0 Å². The van der Waals surface area contributed by atoms with Gasteiger partial charge < -0.3 is 5.11 Å². The summed E-state index contributed by atoms with van der Waals surface area (Å²) in [5.74, 6) is -0.227. The molecule has 5 heteroatoms. The van der Waals surface area contributed by atoms with Crippen LogP contribution in [0.3, 0.4) is 0 Å². The molecular weight excluding hydrogens is 476 g/mol. The lowest BCUT2D eigenvalue weighted by atomic mass is 9.81. The first kappa shape index (κ1) is 26.6. The van der Waals surface area contributed by atoms with Crippen LogP contribution in [-0.4, -0.2) is 5.11 Å². The highest BCUT2D eigenvalue weighted by Crippen LogP contribution is 2.38. The highest BCUT2D eigenvalue weighted by molar-refractivity contribution is 5.75. The molecule has 0 aliphatic heterocycles. The molecule has 37 heavy (non-hydrogen) atoms. The highest BCUT2D eigenvalue weighted by Gasteiger charge is 2.30. The second kappa shape index (κ2) is 11.3. The maximum Gasteiger partial charge on any atom is 0.416 e. The number of aliphatic hydroxyl groups excluding tert-OH is 1. The van der Waals surface area contributed by atoms with Gasteiger partial charge in [0.1, 0.15) is 5.82 Å². The van der Waals surface area contributed by atoms with Crippen molar-refractivity contribution in [2.45, 2.75) is 51.8 Å². The molecule has 1 nitrogen and oxygen atoms in total. The Kier molecular flexibility index (Phi) is 8.13. The standard InChI is InChI=1S/C32H30F4O/c1-21(2)28-19-25(11-8-22-6-4-3-5-7-22)30(20-37)31(24-12-16-27(33)17-13-24)29(28)18-23-9-14-26(15-10-23)32(34,35)36/h3-7,9-10,12-17,19,21,37H,8,11,18,20H2,1-2H3. The van der Waals surface area contributed by atoms with Gasteiger partial charge >= 0.3 is 6.18 Å². The van der Waals surface area contributed by atoms with E-state index in [0.29, 0.717) is 12.8 Å². The van der Waals surface area contributed by atoms with Crippen LogP contribution < -0.4 is 0 Å². The third-order valence-electron chi connectivity index (χ3n) is 6.77. The van der Waals surface area contributed by atoms with Crippen LogP contribution in [-0.2, 0) is 32.0 Å². The predicted octanol–water partition coefficient (Wildman–Crippen LogP) is 8.50. The maximum absolute atomic E-state index is 13.8. The Hall–Kier alpha value is -3.44. The quantitative estimate of drug-likeness (QED) is 0.238. The summed E-state index contributed by atoms with van der Waals surface area (Å²) >= 11 is 0. The molecule has 1 N–H and O–H groups in total. The molecule has 192 valence electrons. The number of halogens is 4. The first-order valence-electron chi connectivity index (χ1n) is 12.4. The Morgan fingerprint density at radius 2 is 1.41 bits per heavy atom. The highest BCUT2D eigenvalue weighted by atomic mass is 19.4. The average molecular weight is 507 g/mol. The van der Waals surface area contributed by atoms with E-state index in [2.05, 4.69) is 32.0 Å². The summed E-state index contributed by atoms with van der Waals surface area (Å²) in [6.45, 7) is 3.97. The van der Waals surface area contributed by atoms with Gasteiger partial charge in [0.15, 0.2) is 0 Å². The Labute approximate surface area is 215 Å². The predicted molar refractivity (Wildman–Crippen MR) is 140 cm³/mol. The van der Waals surface area contributed by atoms with E-state index in [1.807, 2.05) is 18.2 Å². The van der Waals surface area contributed by atoms with E-state index < -0.39 is 11.7 Å². The molecule has 0 heterocycles. The summed E-state index contributed by atoms with van der Waals surface area (Å²) in [6.07, 6.45) is -2.49. The van der Waals surface area contributed by atoms with Gasteiger partial charge in [0, 0.05) is 0 Å². The fourth-order valence-corrected chi connectivity index (χ4v) is 4.86. The van der Waals surface area contributed by atoms with Crippen LogP contribution in [0.4, 0.5) is 17.6 Å². The second-order valence-corrected chi connectivity index (χ2v) is 9.63. The summed E-state index contributed by atoms with van der Waals surface area (Å²) in [5.41, 5.74) is 6.64. The van der Waals surface area contributed by atoms with Crippen molar-refractivity contribution in [2.24, 2.45) is 0 Å². The summed E-state index contributed by atoms with van der Waals surface area (Å²) in [5, 5.41) is 10.6. The number of alkyl halides is 3. The number of aryl methyl sites for hydroxylation is 2. The minimum atomic E-state index is -4.40. The lowest BCUT2D eigenvalue weighted by Gasteiger charge is -2.24. The fourth-order valence-electron chi connectivity index (χ4n) is 4.86. The smallest absolute Gasteiger partial charge is 0.392 e. The maximum atomic E-state index is 13.8. The Morgan fingerprint density at radius 3 is 1.97 bits per heavy atom. The molecule has 0 aliphatic rings. The molecule has 0 radical (unpaired) electrons. The van der Waals surface area contributed by atoms with E-state index >= 15 is 0 Å². The van der Waals surface area contributed by atoms with Crippen LogP contribution in [0.5, 0.6) is 0 Å². The van der Waals surface area contributed by atoms with Crippen molar-refractivity contribution < 1.29 is 22.7 Å². The van der Waals surface area contributed by atoms with Crippen molar-refractivity contribution in [3.63, 3.8) is 0 Å². The molecular formula is C32H30F4O. The fraction of sp³-hybridized carbons (Fsp3) is 0.250. The van der Waals surface area contributed by atoms with Crippen molar-refractivity contribution in [3.05, 3.63) is 130 Å². The monoisotopic (exact) mass is 506 g/mol. The first-order chi connectivity index (χ1) is 17.7. The van der Waals surface area contributed by atoms with Crippen molar-refractivity contribution in [3.8, 4) is 11.1 Å². The lowest BCUT2D eigenvalue weighted by Crippen LogP contribution is -2.10. The number of hydrogen-bond acceptors (Lipinski definition) is 1. The van der Waals surface area contributed by atoms with Crippen LogP contribution in [0.25, 0.3) is 11.1 Å². The normalized spacial score (nSPS) is 11.8. The molecule has 0 unspecified atom stereocenters. The summed E-state index contributed by atoms with van der Waals surface area (Å²) < 4.78 is 53.2. The van der Waals surface area contributed by atoms with Crippen molar-refractivity contribution in [1.82, 2.24) is 0 Å². The number of rotatable bonds is 8. The number of benzene rings is 4. The molecule has 0 saturated heterocycles. The van der Waals surface area contributed by atoms with Gasteiger partial charge in [-0.1, -0.05) is 74.5 Å². The van der Waals surface area contributed by atoms with Gasteiger partial charge in [-0.15, -0.1) is 0 Å². The van der Waals surface area contributed by atoms with Crippen LogP contribution in [0, 0.1) is 5.82 Å². The molecule has 4 aromatic rings. The molecule has 4 aromatic carbocycles. The van der Waals surface area contributed by atoms with Crippen molar-refractivity contribution in [2.75, 3.05) is 0 Å². The summed E-state index contributed by atoms with van der Waals surface area (Å²) in [6, 6.07) is 23.6. The SMILES string of the molecule is CC(C)c1cc(CCc2ccccc2)c(CO)c(-c2ccc(F)cc2)c1Cc1ccc(C(F)(F)F)cc1. The molecule has 0 atom stereocenters. The van der Waals surface area contributed by atoms with Gasteiger partial charge in [-0.3, -0.25) is 0 Å². The molecule has 0 aromatic heterocycles. The van der Waals surface area contributed by atoms with Crippen LogP contribution in [0.2, 0.25) is 0 Å². The van der Waals surface area contributed by atoms with Crippen molar-refractivity contribution >= 4 is 0 Å². The van der Waals surface area contributed by atoms with E-state index in [9.17, 15) is 22.7 Å². The summed E-state index contributed by atoms with van der Waals surface area (Å²) in [7, 11) is 0. The van der Waals surface area contributed by atoms with E-state index in [1.165, 1.54) is 29.8 Å². The third kappa shape index (κ3) is 6.28. The van der Waals surface area contributed by atoms with E-state index in [1.54, 1.807) is 12.1 Å². The van der Waals surface area contributed by atoms with Gasteiger partial charge in [-0.2, -0.15) is 13.2 Å². The molecule has 4 rings (SSSR count). The van der Waals surface area contributed by atoms with Gasteiger partial charge in [-0.25, -0.2) is 4.39 Å². The van der Waals surface area contributed by atoms with Crippen LogP contribution in [0.1, 0.15) is 58.7 Å². The third-order valence-corrected chi connectivity index (χ3v) is 6.77. The Balaban J connectivity index is 1.86. The molecule has 0 aliphatic carbocycles. The van der Waals surface area contributed by atoms with Crippen molar-refractivity contribution in [1.29, 1.82) is 0 Å². The van der Waals surface area contributed by atoms with Crippen LogP contribution >= 0.6 is 0 Å². The van der Waals surface area contributed by atoms with Gasteiger partial charge in [0.25, 0.3) is 0 Å². The number of aliphatic hydroxyl groups is 1. The van der Waals surface area contributed by atoms with E-state index in [-0.39, 0.29) is 18.3 Å². The van der Waals surface area contributed by atoms with Gasteiger partial charge in [0.05, 0.1) is 12.2 Å². The number of hydrogen-bond donors (Lipinski definition) is 1. The molecule has 0 bridgehead atoms. The zero-order chi connectivity index (χ0) is 26.6. The largest absolute Gasteiger partial charge is 0.416 e. The molecule has 0 saturated carbocycles.